The summed E-state index contributed by atoms with van der Waals surface area (Å²) in [6, 6.07) is 0. The van der Waals surface area contributed by atoms with Crippen LogP contribution in [0.4, 0.5) is 0 Å². The maximum absolute atomic E-state index is 10.3. The topological polar surface area (TPSA) is 37.3 Å². The molecule has 0 amide bonds. The maximum atomic E-state index is 10.3. The van der Waals surface area contributed by atoms with Gasteiger partial charge in [0, 0.05) is 6.42 Å². The molecule has 20 heavy (non-hydrogen) atoms. The third-order valence-electron chi connectivity index (χ3n) is 3.03. The largest absolute Gasteiger partial charge is 0.481 e. The fourth-order valence-corrected chi connectivity index (χ4v) is 1.81. The van der Waals surface area contributed by atoms with Crippen LogP contribution in [-0.4, -0.2) is 11.1 Å². The summed E-state index contributed by atoms with van der Waals surface area (Å²) < 4.78 is 0. The molecule has 0 aromatic rings. The van der Waals surface area contributed by atoms with Gasteiger partial charge in [-0.2, -0.15) is 0 Å². The van der Waals surface area contributed by atoms with Gasteiger partial charge in [0.25, 0.3) is 0 Å². The number of allylic oxidation sites excluding steroid dienone is 6. The molecule has 114 valence electrons. The zero-order valence-corrected chi connectivity index (χ0v) is 12.9. The lowest BCUT2D eigenvalue weighted by Gasteiger charge is -1.94. The number of aliphatic carboxylic acids is 1. The van der Waals surface area contributed by atoms with E-state index in [1.165, 1.54) is 19.3 Å². The Balaban J connectivity index is 3.30. The molecule has 0 unspecified atom stereocenters. The van der Waals surface area contributed by atoms with Crippen molar-refractivity contribution in [3.8, 4) is 0 Å². The highest BCUT2D eigenvalue weighted by molar-refractivity contribution is 5.66. The SMILES string of the molecule is CCCC/C=C/C/C=C/C/C=C/CCCCCC(=O)O. The number of unbranched alkanes of at least 4 members (excludes halogenated alkanes) is 5. The first-order valence-electron chi connectivity index (χ1n) is 7.94. The van der Waals surface area contributed by atoms with E-state index in [4.69, 9.17) is 5.11 Å². The van der Waals surface area contributed by atoms with Crippen molar-refractivity contribution in [3.05, 3.63) is 36.5 Å². The summed E-state index contributed by atoms with van der Waals surface area (Å²) in [5, 5.41) is 8.49. The van der Waals surface area contributed by atoms with Gasteiger partial charge in [-0.25, -0.2) is 0 Å². The predicted octanol–water partition coefficient (Wildman–Crippen LogP) is 5.66. The zero-order chi connectivity index (χ0) is 14.9. The van der Waals surface area contributed by atoms with Gasteiger partial charge in [0.2, 0.25) is 0 Å². The van der Waals surface area contributed by atoms with Gasteiger partial charge in [-0.05, 0) is 38.5 Å². The molecule has 0 atom stereocenters. The van der Waals surface area contributed by atoms with Crippen LogP contribution in [0.5, 0.6) is 0 Å². The van der Waals surface area contributed by atoms with Crippen molar-refractivity contribution in [1.29, 1.82) is 0 Å². The Morgan fingerprint density at radius 3 is 1.90 bits per heavy atom. The van der Waals surface area contributed by atoms with Crippen molar-refractivity contribution >= 4 is 5.97 Å². The number of hydrogen-bond acceptors (Lipinski definition) is 1. The van der Waals surface area contributed by atoms with Gasteiger partial charge in [0.15, 0.2) is 0 Å². The fraction of sp³-hybridized carbons (Fsp3) is 0.611. The van der Waals surface area contributed by atoms with E-state index in [1.807, 2.05) is 0 Å². The molecule has 0 saturated carbocycles. The molecule has 0 spiro atoms. The molecule has 2 heteroatoms. The molecule has 0 fully saturated rings. The Hall–Kier alpha value is -1.31. The van der Waals surface area contributed by atoms with Gasteiger partial charge >= 0.3 is 5.97 Å². The minimum atomic E-state index is -0.686. The average Bonchev–Trinajstić information content (AvgIpc) is 2.43. The first-order chi connectivity index (χ1) is 9.77. The van der Waals surface area contributed by atoms with Crippen LogP contribution in [0.2, 0.25) is 0 Å². The zero-order valence-electron chi connectivity index (χ0n) is 12.9. The predicted molar refractivity (Wildman–Crippen MR) is 86.9 cm³/mol. The highest BCUT2D eigenvalue weighted by Crippen LogP contribution is 2.04. The maximum Gasteiger partial charge on any atom is 0.303 e. The number of rotatable bonds is 13. The highest BCUT2D eigenvalue weighted by atomic mass is 16.4. The Kier molecular flexibility index (Phi) is 14.7. The summed E-state index contributed by atoms with van der Waals surface area (Å²) in [5.74, 6) is -0.686. The number of carboxylic acids is 1. The quantitative estimate of drug-likeness (QED) is 0.348. The van der Waals surface area contributed by atoms with Gasteiger partial charge in [-0.1, -0.05) is 62.6 Å². The summed E-state index contributed by atoms with van der Waals surface area (Å²) in [5.41, 5.74) is 0. The minimum absolute atomic E-state index is 0.304. The summed E-state index contributed by atoms with van der Waals surface area (Å²) in [6.45, 7) is 2.21. The van der Waals surface area contributed by atoms with Crippen molar-refractivity contribution in [2.45, 2.75) is 71.1 Å². The first-order valence-corrected chi connectivity index (χ1v) is 7.94. The molecule has 0 aliphatic rings. The van der Waals surface area contributed by atoms with Crippen LogP contribution in [0.25, 0.3) is 0 Å². The van der Waals surface area contributed by atoms with Crippen molar-refractivity contribution in [3.63, 3.8) is 0 Å². The molecule has 0 rings (SSSR count). The highest BCUT2D eigenvalue weighted by Gasteiger charge is 1.94. The number of carboxylic acid groups (broad SMARTS) is 1. The lowest BCUT2D eigenvalue weighted by Crippen LogP contribution is -1.93. The summed E-state index contributed by atoms with van der Waals surface area (Å²) in [6.07, 6.45) is 23.3. The van der Waals surface area contributed by atoms with Crippen LogP contribution in [0, 0.1) is 0 Å². The monoisotopic (exact) mass is 278 g/mol. The van der Waals surface area contributed by atoms with Gasteiger partial charge < -0.3 is 5.11 Å². The van der Waals surface area contributed by atoms with E-state index in [0.717, 1.165) is 38.5 Å². The van der Waals surface area contributed by atoms with E-state index in [2.05, 4.69) is 43.4 Å². The normalized spacial score (nSPS) is 12.1. The minimum Gasteiger partial charge on any atom is -0.481 e. The molecule has 0 aliphatic carbocycles. The molecule has 0 saturated heterocycles. The van der Waals surface area contributed by atoms with Crippen molar-refractivity contribution in [2.75, 3.05) is 0 Å². The summed E-state index contributed by atoms with van der Waals surface area (Å²) >= 11 is 0. The molecule has 0 heterocycles. The van der Waals surface area contributed by atoms with Crippen LogP contribution in [0.15, 0.2) is 36.5 Å². The Morgan fingerprint density at radius 1 is 0.800 bits per heavy atom. The lowest BCUT2D eigenvalue weighted by atomic mass is 10.1. The fourth-order valence-electron chi connectivity index (χ4n) is 1.81. The molecule has 0 aromatic carbocycles. The molecule has 0 aliphatic heterocycles. The second-order valence-electron chi connectivity index (χ2n) is 5.02. The second-order valence-corrected chi connectivity index (χ2v) is 5.02. The molecular formula is C18H30O2. The van der Waals surface area contributed by atoms with Crippen molar-refractivity contribution in [2.24, 2.45) is 0 Å². The van der Waals surface area contributed by atoms with E-state index in [0.29, 0.717) is 6.42 Å². The number of hydrogen-bond donors (Lipinski definition) is 1. The molecule has 1 N–H and O–H groups in total. The van der Waals surface area contributed by atoms with Gasteiger partial charge in [0.05, 0.1) is 0 Å². The van der Waals surface area contributed by atoms with Crippen LogP contribution >= 0.6 is 0 Å². The third-order valence-corrected chi connectivity index (χ3v) is 3.03. The van der Waals surface area contributed by atoms with Gasteiger partial charge in [-0.3, -0.25) is 4.79 Å². The third kappa shape index (κ3) is 16.7. The van der Waals surface area contributed by atoms with Crippen molar-refractivity contribution in [1.82, 2.24) is 0 Å². The average molecular weight is 278 g/mol. The second kappa shape index (κ2) is 15.7. The van der Waals surface area contributed by atoms with Gasteiger partial charge in [0.1, 0.15) is 0 Å². The summed E-state index contributed by atoms with van der Waals surface area (Å²) in [4.78, 5) is 10.3. The van der Waals surface area contributed by atoms with E-state index in [1.54, 1.807) is 0 Å². The van der Waals surface area contributed by atoms with E-state index >= 15 is 0 Å². The van der Waals surface area contributed by atoms with Crippen LogP contribution in [0.1, 0.15) is 71.1 Å². The van der Waals surface area contributed by atoms with Crippen molar-refractivity contribution < 1.29 is 9.90 Å². The Morgan fingerprint density at radius 2 is 1.35 bits per heavy atom. The lowest BCUT2D eigenvalue weighted by molar-refractivity contribution is -0.137. The Bertz CT molecular complexity index is 301. The van der Waals surface area contributed by atoms with E-state index in [-0.39, 0.29) is 0 Å². The molecule has 0 aromatic heterocycles. The number of carbonyl (C=O) groups is 1. The van der Waals surface area contributed by atoms with Crippen LogP contribution in [0.3, 0.4) is 0 Å². The van der Waals surface area contributed by atoms with Crippen LogP contribution < -0.4 is 0 Å². The van der Waals surface area contributed by atoms with Crippen LogP contribution in [-0.2, 0) is 4.79 Å². The first kappa shape index (κ1) is 18.7. The standard InChI is InChI=1S/C18H30O2/c1-2-3-4-5-6-7-8-9-10-11-12-13-14-15-16-17-18(19)20/h5-6,8-9,11-12H,2-4,7,10,13-17H2,1H3,(H,19,20)/b6-5+,9-8+,12-11+. The smallest absolute Gasteiger partial charge is 0.303 e. The van der Waals surface area contributed by atoms with E-state index < -0.39 is 5.97 Å². The molecular weight excluding hydrogens is 248 g/mol. The van der Waals surface area contributed by atoms with Gasteiger partial charge in [-0.15, -0.1) is 0 Å². The molecule has 2 nitrogen and oxygen atoms in total. The Labute approximate surface area is 124 Å². The molecule has 0 radical (unpaired) electrons. The van der Waals surface area contributed by atoms with E-state index in [9.17, 15) is 4.79 Å². The summed E-state index contributed by atoms with van der Waals surface area (Å²) in [7, 11) is 0. The molecule has 0 bridgehead atoms.